The summed E-state index contributed by atoms with van der Waals surface area (Å²) in [6, 6.07) is 8.48. The molecule has 2 aliphatic carbocycles. The van der Waals surface area contributed by atoms with Crippen molar-refractivity contribution in [3.63, 3.8) is 0 Å². The van der Waals surface area contributed by atoms with Gasteiger partial charge in [-0.05, 0) is 57.6 Å². The van der Waals surface area contributed by atoms with Crippen molar-refractivity contribution in [2.24, 2.45) is 5.73 Å². The van der Waals surface area contributed by atoms with Gasteiger partial charge >= 0.3 is 0 Å². The van der Waals surface area contributed by atoms with Gasteiger partial charge < -0.3 is 10.3 Å². The zero-order chi connectivity index (χ0) is 18.4. The van der Waals surface area contributed by atoms with E-state index in [-0.39, 0.29) is 0 Å². The second-order valence-electron chi connectivity index (χ2n) is 8.01. The van der Waals surface area contributed by atoms with E-state index in [0.717, 1.165) is 49.9 Å². The van der Waals surface area contributed by atoms with Crippen molar-refractivity contribution in [3.05, 3.63) is 46.9 Å². The molecule has 2 aliphatic rings. The molecule has 6 nitrogen and oxygen atoms in total. The van der Waals surface area contributed by atoms with Gasteiger partial charge in [0.2, 0.25) is 0 Å². The van der Waals surface area contributed by atoms with E-state index in [2.05, 4.69) is 46.0 Å². The van der Waals surface area contributed by atoms with Gasteiger partial charge in [0, 0.05) is 11.3 Å². The van der Waals surface area contributed by atoms with Crippen LogP contribution in [0.25, 0.3) is 17.3 Å². The van der Waals surface area contributed by atoms with E-state index in [1.165, 1.54) is 29.7 Å². The van der Waals surface area contributed by atoms with Gasteiger partial charge in [0.05, 0.1) is 11.2 Å². The summed E-state index contributed by atoms with van der Waals surface area (Å²) in [5.41, 5.74) is 11.7. The Morgan fingerprint density at radius 3 is 2.56 bits per heavy atom. The molecule has 5 rings (SSSR count). The van der Waals surface area contributed by atoms with Gasteiger partial charge in [-0.1, -0.05) is 35.7 Å². The highest BCUT2D eigenvalue weighted by Crippen LogP contribution is 2.37. The summed E-state index contributed by atoms with van der Waals surface area (Å²) in [5.74, 6) is 1.13. The van der Waals surface area contributed by atoms with Gasteiger partial charge in [-0.3, -0.25) is 0 Å². The standard InChI is InChI=1S/C21H25N5O/c1-14-8-10-15(11-9-14)26-17-7-3-2-6-16(17)18(24-26)19-23-20(25-27-19)21(22)12-4-5-13-21/h8-11H,2-7,12-13,22H2,1H3. The van der Waals surface area contributed by atoms with Crippen LogP contribution in [-0.4, -0.2) is 19.9 Å². The fourth-order valence-corrected chi connectivity index (χ4v) is 4.42. The number of hydrogen-bond donors (Lipinski definition) is 1. The molecule has 0 amide bonds. The van der Waals surface area contributed by atoms with Crippen molar-refractivity contribution in [2.45, 2.75) is 63.8 Å². The minimum atomic E-state index is -0.443. The molecule has 6 heteroatoms. The first-order chi connectivity index (χ1) is 13.1. The molecular formula is C21H25N5O. The molecule has 0 radical (unpaired) electrons. The van der Waals surface area contributed by atoms with Crippen molar-refractivity contribution in [1.82, 2.24) is 19.9 Å². The Morgan fingerprint density at radius 2 is 1.78 bits per heavy atom. The van der Waals surface area contributed by atoms with Crippen LogP contribution in [0.15, 0.2) is 28.8 Å². The lowest BCUT2D eigenvalue weighted by atomic mass is 9.95. The number of rotatable bonds is 3. The molecule has 2 heterocycles. The van der Waals surface area contributed by atoms with Crippen LogP contribution in [0, 0.1) is 6.92 Å². The van der Waals surface area contributed by atoms with Gasteiger partial charge in [-0.2, -0.15) is 10.1 Å². The van der Waals surface area contributed by atoms with E-state index in [4.69, 9.17) is 15.4 Å². The molecule has 0 saturated heterocycles. The fourth-order valence-electron chi connectivity index (χ4n) is 4.42. The molecule has 2 N–H and O–H groups in total. The zero-order valence-corrected chi connectivity index (χ0v) is 15.7. The molecule has 0 atom stereocenters. The summed E-state index contributed by atoms with van der Waals surface area (Å²) in [6.07, 6.45) is 8.46. The van der Waals surface area contributed by atoms with Crippen LogP contribution < -0.4 is 5.73 Å². The SMILES string of the molecule is Cc1ccc(-n2nc(-c3nc(C4(N)CCCC4)no3)c3c2CCCC3)cc1. The van der Waals surface area contributed by atoms with Crippen molar-refractivity contribution in [1.29, 1.82) is 0 Å². The minimum absolute atomic E-state index is 0.443. The number of hydrogen-bond acceptors (Lipinski definition) is 5. The highest BCUT2D eigenvalue weighted by atomic mass is 16.5. The zero-order valence-electron chi connectivity index (χ0n) is 15.7. The van der Waals surface area contributed by atoms with Crippen LogP contribution in [0.1, 0.15) is 61.2 Å². The normalized spacial score (nSPS) is 18.6. The summed E-state index contributed by atoms with van der Waals surface area (Å²) in [6.45, 7) is 2.10. The summed E-state index contributed by atoms with van der Waals surface area (Å²) >= 11 is 0. The molecule has 0 spiro atoms. The van der Waals surface area contributed by atoms with E-state index < -0.39 is 5.54 Å². The molecule has 0 aliphatic heterocycles. The van der Waals surface area contributed by atoms with Gasteiger partial charge in [-0.25, -0.2) is 4.68 Å². The molecule has 2 aromatic heterocycles. The van der Waals surface area contributed by atoms with Gasteiger partial charge in [0.1, 0.15) is 0 Å². The monoisotopic (exact) mass is 363 g/mol. The summed E-state index contributed by atoms with van der Waals surface area (Å²) in [4.78, 5) is 4.68. The van der Waals surface area contributed by atoms with E-state index in [0.29, 0.717) is 11.7 Å². The van der Waals surface area contributed by atoms with Gasteiger partial charge in [-0.15, -0.1) is 0 Å². The van der Waals surface area contributed by atoms with Crippen molar-refractivity contribution in [3.8, 4) is 17.3 Å². The molecule has 1 aromatic carbocycles. The van der Waals surface area contributed by atoms with E-state index in [9.17, 15) is 0 Å². The highest BCUT2D eigenvalue weighted by Gasteiger charge is 2.37. The Bertz CT molecular complexity index is 963. The third-order valence-corrected chi connectivity index (χ3v) is 6.03. The smallest absolute Gasteiger partial charge is 0.278 e. The average molecular weight is 363 g/mol. The first-order valence-corrected chi connectivity index (χ1v) is 9.95. The molecule has 0 unspecified atom stereocenters. The molecule has 0 bridgehead atoms. The van der Waals surface area contributed by atoms with Crippen LogP contribution in [0.3, 0.4) is 0 Å². The maximum Gasteiger partial charge on any atom is 0.278 e. The summed E-state index contributed by atoms with van der Waals surface area (Å²) in [7, 11) is 0. The lowest BCUT2D eigenvalue weighted by molar-refractivity contribution is 0.372. The second-order valence-corrected chi connectivity index (χ2v) is 8.01. The topological polar surface area (TPSA) is 82.8 Å². The maximum absolute atomic E-state index is 6.51. The van der Waals surface area contributed by atoms with Gasteiger partial charge in [0.15, 0.2) is 11.5 Å². The Morgan fingerprint density at radius 1 is 1.04 bits per heavy atom. The Labute approximate surface area is 158 Å². The third-order valence-electron chi connectivity index (χ3n) is 6.03. The molecule has 3 aromatic rings. The number of aryl methyl sites for hydroxylation is 1. The van der Waals surface area contributed by atoms with Crippen LogP contribution in [0.2, 0.25) is 0 Å². The molecule has 27 heavy (non-hydrogen) atoms. The van der Waals surface area contributed by atoms with E-state index in [1.807, 2.05) is 0 Å². The molecule has 1 fully saturated rings. The number of nitrogens with two attached hydrogens (primary N) is 1. The van der Waals surface area contributed by atoms with Crippen molar-refractivity contribution < 1.29 is 4.52 Å². The van der Waals surface area contributed by atoms with Crippen LogP contribution >= 0.6 is 0 Å². The maximum atomic E-state index is 6.51. The predicted molar refractivity (Wildman–Crippen MR) is 103 cm³/mol. The minimum Gasteiger partial charge on any atom is -0.332 e. The van der Waals surface area contributed by atoms with E-state index in [1.54, 1.807) is 0 Å². The fraction of sp³-hybridized carbons (Fsp3) is 0.476. The predicted octanol–water partition coefficient (Wildman–Crippen LogP) is 3.84. The first-order valence-electron chi connectivity index (χ1n) is 9.95. The molecule has 140 valence electrons. The second kappa shape index (κ2) is 6.30. The van der Waals surface area contributed by atoms with Crippen LogP contribution in [-0.2, 0) is 18.4 Å². The number of nitrogens with zero attached hydrogens (tertiary/aromatic N) is 4. The average Bonchev–Trinajstić information content (AvgIpc) is 3.41. The van der Waals surface area contributed by atoms with Crippen LogP contribution in [0.5, 0.6) is 0 Å². The molecule has 1 saturated carbocycles. The number of aromatic nitrogens is 4. The largest absolute Gasteiger partial charge is 0.332 e. The quantitative estimate of drug-likeness (QED) is 0.764. The third kappa shape index (κ3) is 2.79. The Kier molecular flexibility index (Phi) is 3.90. The number of benzene rings is 1. The lowest BCUT2D eigenvalue weighted by Gasteiger charge is -2.17. The van der Waals surface area contributed by atoms with E-state index >= 15 is 0 Å². The lowest BCUT2D eigenvalue weighted by Crippen LogP contribution is -2.34. The van der Waals surface area contributed by atoms with Crippen LogP contribution in [0.4, 0.5) is 0 Å². The van der Waals surface area contributed by atoms with Gasteiger partial charge in [0.25, 0.3) is 5.89 Å². The molecular weight excluding hydrogens is 338 g/mol. The summed E-state index contributed by atoms with van der Waals surface area (Å²) < 4.78 is 7.70. The Hall–Kier alpha value is -2.47. The first kappa shape index (κ1) is 16.7. The number of fused-ring (bicyclic) bond motifs is 1. The van der Waals surface area contributed by atoms with Crippen molar-refractivity contribution >= 4 is 0 Å². The highest BCUT2D eigenvalue weighted by molar-refractivity contribution is 5.57. The van der Waals surface area contributed by atoms with Crippen molar-refractivity contribution in [2.75, 3.05) is 0 Å². The Balaban J connectivity index is 1.59. The summed E-state index contributed by atoms with van der Waals surface area (Å²) in [5, 5.41) is 9.13.